The van der Waals surface area contributed by atoms with Crippen LogP contribution in [0.15, 0.2) is 21.5 Å². The van der Waals surface area contributed by atoms with Crippen LogP contribution < -0.4 is 5.69 Å². The van der Waals surface area contributed by atoms with Gasteiger partial charge < -0.3 is 19.4 Å². The predicted octanol–water partition coefficient (Wildman–Crippen LogP) is 4.65. The van der Waals surface area contributed by atoms with Crippen LogP contribution in [-0.2, 0) is 11.2 Å². The molecule has 4 rings (SSSR count). The van der Waals surface area contributed by atoms with E-state index in [0.717, 1.165) is 12.0 Å². The molecule has 2 unspecified atom stereocenters. The van der Waals surface area contributed by atoms with Crippen LogP contribution in [0.4, 0.5) is 0 Å². The lowest BCUT2D eigenvalue weighted by molar-refractivity contribution is -0.0457. The number of rotatable bonds is 8. The van der Waals surface area contributed by atoms with Crippen molar-refractivity contribution >= 4 is 11.1 Å². The van der Waals surface area contributed by atoms with Gasteiger partial charge in [0.05, 0.1) is 18.1 Å². The summed E-state index contributed by atoms with van der Waals surface area (Å²) in [5, 5.41) is 20.1. The number of ether oxygens (including phenoxy) is 1. The first-order valence-corrected chi connectivity index (χ1v) is 12.3. The molecule has 0 spiro atoms. The minimum Gasteiger partial charge on any atom is -0.437 e. The molecule has 0 amide bonds. The van der Waals surface area contributed by atoms with Crippen molar-refractivity contribution in [3.63, 3.8) is 0 Å². The fraction of sp³-hybridized carbons (Fsp3) is 0.556. The number of hydrogen-bond donors (Lipinski definition) is 2. The smallest absolute Gasteiger partial charge is 0.353 e. The highest BCUT2D eigenvalue weighted by Gasteiger charge is 2.35. The van der Waals surface area contributed by atoms with E-state index < -0.39 is 24.1 Å². The maximum absolute atomic E-state index is 12.7. The summed E-state index contributed by atoms with van der Waals surface area (Å²) in [6.45, 7) is 10.6. The Balaban J connectivity index is 1.71. The van der Waals surface area contributed by atoms with Gasteiger partial charge >= 0.3 is 5.69 Å². The Labute approximate surface area is 200 Å². The van der Waals surface area contributed by atoms with Gasteiger partial charge in [-0.05, 0) is 74.4 Å². The molecule has 3 heterocycles. The highest BCUT2D eigenvalue weighted by molar-refractivity contribution is 5.82. The second-order valence-corrected chi connectivity index (χ2v) is 9.58. The third-order valence-electron chi connectivity index (χ3n) is 7.44. The van der Waals surface area contributed by atoms with Gasteiger partial charge in [-0.3, -0.25) is 4.57 Å². The lowest BCUT2D eigenvalue weighted by Gasteiger charge is -2.19. The van der Waals surface area contributed by atoms with E-state index in [9.17, 15) is 15.0 Å². The van der Waals surface area contributed by atoms with Crippen molar-refractivity contribution < 1.29 is 19.4 Å². The molecule has 7 nitrogen and oxygen atoms in total. The van der Waals surface area contributed by atoms with Crippen LogP contribution in [-0.4, -0.2) is 38.6 Å². The summed E-state index contributed by atoms with van der Waals surface area (Å²) in [6.07, 6.45) is 5.73. The standard InChI is InChI=1S/C27H36N2O5/c1-6-7-8-9-10-20-15(2)17(4)25(18(5)16(20)3)22-11-19-13-29(27(32)28-26(19)34-22)24-12-21(31)23(14-30)33-24/h11,13,21,23-24,30-31H,6-10,12,14H2,1-5H3/t21-,23?,24?/m1/s1. The summed E-state index contributed by atoms with van der Waals surface area (Å²) in [4.78, 5) is 16.8. The zero-order valence-electron chi connectivity index (χ0n) is 20.9. The van der Waals surface area contributed by atoms with E-state index >= 15 is 0 Å². The first kappa shape index (κ1) is 24.6. The zero-order chi connectivity index (χ0) is 24.6. The van der Waals surface area contributed by atoms with Crippen molar-refractivity contribution in [2.24, 2.45) is 0 Å². The van der Waals surface area contributed by atoms with Gasteiger partial charge in [0.25, 0.3) is 0 Å². The largest absolute Gasteiger partial charge is 0.437 e. The molecule has 1 aliphatic rings. The first-order chi connectivity index (χ1) is 16.3. The Hall–Kier alpha value is -2.48. The van der Waals surface area contributed by atoms with Crippen molar-refractivity contribution in [1.29, 1.82) is 0 Å². The molecule has 2 N–H and O–H groups in total. The van der Waals surface area contributed by atoms with E-state index in [0.29, 0.717) is 11.1 Å². The highest BCUT2D eigenvalue weighted by atomic mass is 16.5. The number of furan rings is 1. The Bertz CT molecular complexity index is 1210. The van der Waals surface area contributed by atoms with Gasteiger partial charge in [0.15, 0.2) is 0 Å². The van der Waals surface area contributed by atoms with Crippen LogP contribution in [0, 0.1) is 27.7 Å². The molecular weight excluding hydrogens is 432 g/mol. The second kappa shape index (κ2) is 10.0. The van der Waals surface area contributed by atoms with Gasteiger partial charge in [0.2, 0.25) is 5.71 Å². The molecule has 1 aromatic carbocycles. The van der Waals surface area contributed by atoms with E-state index in [4.69, 9.17) is 9.15 Å². The van der Waals surface area contributed by atoms with Gasteiger partial charge in [0, 0.05) is 18.2 Å². The van der Waals surface area contributed by atoms with E-state index in [1.807, 2.05) is 6.07 Å². The molecule has 2 aromatic heterocycles. The maximum Gasteiger partial charge on any atom is 0.353 e. The van der Waals surface area contributed by atoms with Crippen molar-refractivity contribution in [3.05, 3.63) is 50.6 Å². The second-order valence-electron chi connectivity index (χ2n) is 9.58. The number of nitrogens with zero attached hydrogens (tertiary/aromatic N) is 2. The summed E-state index contributed by atoms with van der Waals surface area (Å²) in [7, 11) is 0. The van der Waals surface area contributed by atoms with Crippen LogP contribution in [0.3, 0.4) is 0 Å². The predicted molar refractivity (Wildman–Crippen MR) is 132 cm³/mol. The number of fused-ring (bicyclic) bond motifs is 1. The number of unbranched alkanes of at least 4 members (excludes halogenated alkanes) is 3. The van der Waals surface area contributed by atoms with Crippen LogP contribution in [0.25, 0.3) is 22.4 Å². The number of hydrogen-bond acceptors (Lipinski definition) is 6. The average Bonchev–Trinajstić information content (AvgIpc) is 3.39. The SMILES string of the molecule is CCCCCCc1c(C)c(C)c(-c2cc3cn(C4C[C@@H](O)C(CO)O4)c(=O)nc3o2)c(C)c1C. The quantitative estimate of drug-likeness (QED) is 0.467. The Morgan fingerprint density at radius 2 is 1.79 bits per heavy atom. The molecule has 3 atom stereocenters. The number of aliphatic hydroxyl groups is 2. The first-order valence-electron chi connectivity index (χ1n) is 12.3. The van der Waals surface area contributed by atoms with Crippen LogP contribution in [0.2, 0.25) is 0 Å². The Morgan fingerprint density at radius 1 is 1.09 bits per heavy atom. The van der Waals surface area contributed by atoms with Gasteiger partial charge in [-0.25, -0.2) is 4.79 Å². The average molecular weight is 469 g/mol. The minimum atomic E-state index is -0.825. The molecule has 0 aliphatic carbocycles. The fourth-order valence-corrected chi connectivity index (χ4v) is 5.17. The molecule has 0 radical (unpaired) electrons. The monoisotopic (exact) mass is 468 g/mol. The molecule has 3 aromatic rings. The summed E-state index contributed by atoms with van der Waals surface area (Å²) < 4.78 is 13.1. The van der Waals surface area contributed by atoms with Crippen LogP contribution in [0.1, 0.15) is 73.1 Å². The molecular formula is C27H36N2O5. The van der Waals surface area contributed by atoms with Gasteiger partial charge in [0.1, 0.15) is 18.1 Å². The Morgan fingerprint density at radius 3 is 2.41 bits per heavy atom. The van der Waals surface area contributed by atoms with Crippen molar-refractivity contribution in [2.45, 2.75) is 91.6 Å². The lowest BCUT2D eigenvalue weighted by Crippen LogP contribution is -2.27. The molecule has 1 aliphatic heterocycles. The van der Waals surface area contributed by atoms with Gasteiger partial charge in [-0.2, -0.15) is 4.98 Å². The molecule has 184 valence electrons. The number of benzene rings is 1. The lowest BCUT2D eigenvalue weighted by atomic mass is 9.86. The van der Waals surface area contributed by atoms with Crippen LogP contribution >= 0.6 is 0 Å². The maximum atomic E-state index is 12.7. The van der Waals surface area contributed by atoms with Gasteiger partial charge in [-0.1, -0.05) is 26.2 Å². The van der Waals surface area contributed by atoms with Gasteiger partial charge in [-0.15, -0.1) is 0 Å². The summed E-state index contributed by atoms with van der Waals surface area (Å²) in [5.41, 5.74) is 7.23. The van der Waals surface area contributed by atoms with E-state index in [-0.39, 0.29) is 18.7 Å². The summed E-state index contributed by atoms with van der Waals surface area (Å²) >= 11 is 0. The van der Waals surface area contributed by atoms with Crippen molar-refractivity contribution in [1.82, 2.24) is 9.55 Å². The molecule has 1 saturated heterocycles. The van der Waals surface area contributed by atoms with E-state index in [2.05, 4.69) is 39.6 Å². The normalized spacial score (nSPS) is 20.5. The fourth-order valence-electron chi connectivity index (χ4n) is 5.17. The summed E-state index contributed by atoms with van der Waals surface area (Å²) in [5.74, 6) is 0.694. The zero-order valence-corrected chi connectivity index (χ0v) is 20.9. The molecule has 34 heavy (non-hydrogen) atoms. The molecule has 0 saturated carbocycles. The number of aromatic nitrogens is 2. The minimum absolute atomic E-state index is 0.222. The molecule has 7 heteroatoms. The van der Waals surface area contributed by atoms with Crippen LogP contribution in [0.5, 0.6) is 0 Å². The van der Waals surface area contributed by atoms with Crippen molar-refractivity contribution in [2.75, 3.05) is 6.61 Å². The van der Waals surface area contributed by atoms with E-state index in [1.165, 1.54) is 58.1 Å². The number of aliphatic hydroxyl groups excluding tert-OH is 2. The molecule has 1 fully saturated rings. The summed E-state index contributed by atoms with van der Waals surface area (Å²) in [6, 6.07) is 1.92. The Kier molecular flexibility index (Phi) is 7.26. The third-order valence-corrected chi connectivity index (χ3v) is 7.44. The third kappa shape index (κ3) is 4.44. The topological polar surface area (TPSA) is 97.7 Å². The highest BCUT2D eigenvalue weighted by Crippen LogP contribution is 2.37. The van der Waals surface area contributed by atoms with E-state index in [1.54, 1.807) is 6.20 Å². The molecule has 0 bridgehead atoms. The van der Waals surface area contributed by atoms with Crippen molar-refractivity contribution in [3.8, 4) is 11.3 Å².